The molecule has 1 aromatic rings. The van der Waals surface area contributed by atoms with Gasteiger partial charge in [-0.1, -0.05) is 0 Å². The number of esters is 1. The van der Waals surface area contributed by atoms with E-state index >= 15 is 0 Å². The lowest BCUT2D eigenvalue weighted by atomic mass is 9.85. The molecule has 0 atom stereocenters. The molecule has 6 heteroatoms. The van der Waals surface area contributed by atoms with E-state index in [0.717, 1.165) is 10.6 Å². The third-order valence-electron chi connectivity index (χ3n) is 2.80. The first-order valence-electron chi connectivity index (χ1n) is 5.12. The highest BCUT2D eigenvalue weighted by Gasteiger charge is 2.54. The number of amides is 1. The van der Waals surface area contributed by atoms with Crippen molar-refractivity contribution < 1.29 is 19.1 Å². The van der Waals surface area contributed by atoms with Gasteiger partial charge in [0.1, 0.15) is 0 Å². The highest BCUT2D eigenvalue weighted by Crippen LogP contribution is 2.32. The van der Waals surface area contributed by atoms with Crippen LogP contribution in [0.5, 0.6) is 0 Å². The SMILES string of the molecule is COC(=O)C1(C(=O)Nc2sccc2C)COC1. The van der Waals surface area contributed by atoms with Crippen LogP contribution < -0.4 is 5.32 Å². The van der Waals surface area contributed by atoms with Crippen LogP contribution in [0.3, 0.4) is 0 Å². The number of carbonyl (C=O) groups excluding carboxylic acids is 2. The minimum absolute atomic E-state index is 0.0793. The lowest BCUT2D eigenvalue weighted by Gasteiger charge is -2.36. The third kappa shape index (κ3) is 1.94. The fourth-order valence-electron chi connectivity index (χ4n) is 1.57. The molecule has 5 nitrogen and oxygen atoms in total. The molecule has 92 valence electrons. The van der Waals surface area contributed by atoms with Crippen LogP contribution in [0.1, 0.15) is 5.56 Å². The average Bonchev–Trinajstić information content (AvgIpc) is 2.62. The molecule has 1 fully saturated rings. The van der Waals surface area contributed by atoms with Crippen molar-refractivity contribution in [2.75, 3.05) is 25.6 Å². The number of aryl methyl sites for hydroxylation is 1. The molecule has 1 saturated heterocycles. The van der Waals surface area contributed by atoms with Gasteiger partial charge in [0.2, 0.25) is 5.91 Å². The van der Waals surface area contributed by atoms with Crippen molar-refractivity contribution in [3.63, 3.8) is 0 Å². The van der Waals surface area contributed by atoms with Crippen LogP contribution >= 0.6 is 11.3 Å². The van der Waals surface area contributed by atoms with Crippen molar-refractivity contribution in [3.05, 3.63) is 17.0 Å². The molecule has 2 heterocycles. The van der Waals surface area contributed by atoms with Gasteiger partial charge in [-0.25, -0.2) is 0 Å². The first-order chi connectivity index (χ1) is 8.10. The fourth-order valence-corrected chi connectivity index (χ4v) is 2.38. The molecule has 1 amide bonds. The average molecular weight is 255 g/mol. The Morgan fingerprint density at radius 1 is 1.53 bits per heavy atom. The monoisotopic (exact) mass is 255 g/mol. The second-order valence-corrected chi connectivity index (χ2v) is 4.87. The number of thiophene rings is 1. The second kappa shape index (κ2) is 4.46. The molecule has 0 aliphatic carbocycles. The number of anilines is 1. The van der Waals surface area contributed by atoms with Crippen LogP contribution in [0.4, 0.5) is 5.00 Å². The van der Waals surface area contributed by atoms with Crippen molar-refractivity contribution in [2.24, 2.45) is 5.41 Å². The maximum Gasteiger partial charge on any atom is 0.326 e. The molecule has 1 aliphatic rings. The van der Waals surface area contributed by atoms with Gasteiger partial charge in [-0.2, -0.15) is 0 Å². The zero-order chi connectivity index (χ0) is 12.5. The topological polar surface area (TPSA) is 64.6 Å². The Balaban J connectivity index is 2.14. The minimum Gasteiger partial charge on any atom is -0.468 e. The Morgan fingerprint density at radius 3 is 2.65 bits per heavy atom. The van der Waals surface area contributed by atoms with Gasteiger partial charge in [0, 0.05) is 0 Å². The molecule has 2 rings (SSSR count). The molecule has 0 bridgehead atoms. The first-order valence-corrected chi connectivity index (χ1v) is 6.00. The summed E-state index contributed by atoms with van der Waals surface area (Å²) in [6, 6.07) is 1.91. The highest BCUT2D eigenvalue weighted by atomic mass is 32.1. The van der Waals surface area contributed by atoms with E-state index in [1.54, 1.807) is 0 Å². The van der Waals surface area contributed by atoms with Crippen molar-refractivity contribution in [3.8, 4) is 0 Å². The van der Waals surface area contributed by atoms with Gasteiger partial charge in [-0.05, 0) is 23.9 Å². The number of carbonyl (C=O) groups is 2. The van der Waals surface area contributed by atoms with Gasteiger partial charge in [0.05, 0.1) is 25.3 Å². The summed E-state index contributed by atoms with van der Waals surface area (Å²) in [4.78, 5) is 23.7. The van der Waals surface area contributed by atoms with Crippen LogP contribution in [0.25, 0.3) is 0 Å². The number of nitrogens with one attached hydrogen (secondary N) is 1. The van der Waals surface area contributed by atoms with Gasteiger partial charge < -0.3 is 14.8 Å². The van der Waals surface area contributed by atoms with Crippen LogP contribution in [-0.2, 0) is 19.1 Å². The number of ether oxygens (including phenoxy) is 2. The molecule has 0 saturated carbocycles. The van der Waals surface area contributed by atoms with E-state index in [0.29, 0.717) is 0 Å². The molecule has 0 unspecified atom stereocenters. The Labute approximate surface area is 103 Å². The maximum absolute atomic E-state index is 12.1. The summed E-state index contributed by atoms with van der Waals surface area (Å²) in [5.41, 5.74) is -0.200. The number of rotatable bonds is 3. The molecule has 17 heavy (non-hydrogen) atoms. The summed E-state index contributed by atoms with van der Waals surface area (Å²) < 4.78 is 9.63. The van der Waals surface area contributed by atoms with Crippen molar-refractivity contribution in [1.29, 1.82) is 0 Å². The number of hydrogen-bond acceptors (Lipinski definition) is 5. The van der Waals surface area contributed by atoms with Gasteiger partial charge >= 0.3 is 5.97 Å². The lowest BCUT2D eigenvalue weighted by Crippen LogP contribution is -2.57. The maximum atomic E-state index is 12.1. The van der Waals surface area contributed by atoms with Gasteiger partial charge in [-0.3, -0.25) is 9.59 Å². The molecular formula is C11H13NO4S. The molecule has 1 N–H and O–H groups in total. The summed E-state index contributed by atoms with van der Waals surface area (Å²) in [5, 5.41) is 5.38. The zero-order valence-electron chi connectivity index (χ0n) is 9.61. The number of methoxy groups -OCH3 is 1. The largest absolute Gasteiger partial charge is 0.468 e. The zero-order valence-corrected chi connectivity index (χ0v) is 10.4. The standard InChI is InChI=1S/C11H13NO4S/c1-7-3-4-17-8(7)12-9(13)11(5-16-6-11)10(14)15-2/h3-4H,5-6H2,1-2H3,(H,12,13). The van der Waals surface area contributed by atoms with Crippen LogP contribution in [0, 0.1) is 12.3 Å². The molecule has 1 aliphatic heterocycles. The van der Waals surface area contributed by atoms with Crippen molar-refractivity contribution >= 4 is 28.2 Å². The van der Waals surface area contributed by atoms with E-state index in [4.69, 9.17) is 4.74 Å². The quantitative estimate of drug-likeness (QED) is 0.650. The number of hydrogen-bond donors (Lipinski definition) is 1. The fraction of sp³-hybridized carbons (Fsp3) is 0.455. The third-order valence-corrected chi connectivity index (χ3v) is 3.73. The predicted octanol–water partition coefficient (Wildman–Crippen LogP) is 1.18. The Morgan fingerprint density at radius 2 is 2.24 bits per heavy atom. The summed E-state index contributed by atoms with van der Waals surface area (Å²) >= 11 is 1.42. The van der Waals surface area contributed by atoms with Crippen molar-refractivity contribution in [1.82, 2.24) is 0 Å². The Hall–Kier alpha value is -1.40. The van der Waals surface area contributed by atoms with Gasteiger partial charge in [-0.15, -0.1) is 11.3 Å². The smallest absolute Gasteiger partial charge is 0.326 e. The predicted molar refractivity (Wildman–Crippen MR) is 63.0 cm³/mol. The normalized spacial score (nSPS) is 17.1. The van der Waals surface area contributed by atoms with Crippen LogP contribution in [0.2, 0.25) is 0 Å². The summed E-state index contributed by atoms with van der Waals surface area (Å²) in [7, 11) is 1.27. The van der Waals surface area contributed by atoms with E-state index in [-0.39, 0.29) is 19.1 Å². The summed E-state index contributed by atoms with van der Waals surface area (Å²) in [6.45, 7) is 2.06. The van der Waals surface area contributed by atoms with E-state index in [1.165, 1.54) is 18.4 Å². The van der Waals surface area contributed by atoms with E-state index < -0.39 is 11.4 Å². The highest BCUT2D eigenvalue weighted by molar-refractivity contribution is 7.14. The van der Waals surface area contributed by atoms with E-state index in [2.05, 4.69) is 10.1 Å². The van der Waals surface area contributed by atoms with Gasteiger partial charge in [0.15, 0.2) is 5.41 Å². The molecule has 0 aromatic carbocycles. The molecular weight excluding hydrogens is 242 g/mol. The lowest BCUT2D eigenvalue weighted by molar-refractivity contribution is -0.185. The van der Waals surface area contributed by atoms with Gasteiger partial charge in [0.25, 0.3) is 0 Å². The van der Waals surface area contributed by atoms with E-state index in [9.17, 15) is 9.59 Å². The first kappa shape index (κ1) is 12.1. The van der Waals surface area contributed by atoms with E-state index in [1.807, 2.05) is 18.4 Å². The van der Waals surface area contributed by atoms with Crippen LogP contribution in [0.15, 0.2) is 11.4 Å². The second-order valence-electron chi connectivity index (χ2n) is 3.95. The molecule has 0 spiro atoms. The Bertz CT molecular complexity index is 450. The summed E-state index contributed by atoms with van der Waals surface area (Å²) in [6.07, 6.45) is 0. The Kier molecular flexibility index (Phi) is 3.17. The minimum atomic E-state index is -1.18. The molecule has 0 radical (unpaired) electrons. The summed E-state index contributed by atoms with van der Waals surface area (Å²) in [5.74, 6) is -0.906. The molecule has 1 aromatic heterocycles. The van der Waals surface area contributed by atoms with Crippen LogP contribution in [-0.4, -0.2) is 32.2 Å². The van der Waals surface area contributed by atoms with Crippen molar-refractivity contribution in [2.45, 2.75) is 6.92 Å².